The van der Waals surface area contributed by atoms with Crippen molar-refractivity contribution in [1.29, 1.82) is 0 Å². The van der Waals surface area contributed by atoms with Crippen molar-refractivity contribution in [1.82, 2.24) is 24.8 Å². The number of esters is 1. The standard InChI is InChI=1S/C32H38ClF2N5O5/c1-31(30(43)44-3)12-18-10-17(18)11-20(31)29(42)40-9-6-19-21(33)4-5-24(45-15-22-27(28(34)35)38(2)37-36-22)26(19)23(40)14-39-16-32(7-8-32)13-25(39)41/h4-5,17-18,20,23,28H,6-16H2,1-3H3/t17?,18-,20-,23+,31-/m0/s1. The molecule has 1 saturated heterocycles. The minimum absolute atomic E-state index is 0.0110. The van der Waals surface area contributed by atoms with Crippen molar-refractivity contribution < 1.29 is 32.6 Å². The third-order valence-corrected chi connectivity index (χ3v) is 11.5. The van der Waals surface area contributed by atoms with E-state index in [-0.39, 0.29) is 47.7 Å². The van der Waals surface area contributed by atoms with Crippen molar-refractivity contribution in [3.63, 3.8) is 0 Å². The molecule has 3 saturated carbocycles. The topological polar surface area (TPSA) is 107 Å². The number of benzene rings is 1. The van der Waals surface area contributed by atoms with Gasteiger partial charge >= 0.3 is 5.97 Å². The molecule has 4 fully saturated rings. The van der Waals surface area contributed by atoms with Gasteiger partial charge < -0.3 is 19.3 Å². The zero-order valence-corrected chi connectivity index (χ0v) is 26.5. The van der Waals surface area contributed by atoms with E-state index in [0.29, 0.717) is 66.9 Å². The van der Waals surface area contributed by atoms with Crippen LogP contribution in [0.15, 0.2) is 12.1 Å². The fourth-order valence-corrected chi connectivity index (χ4v) is 8.54. The van der Waals surface area contributed by atoms with Gasteiger partial charge in [0.05, 0.1) is 24.5 Å². The first-order valence-corrected chi connectivity index (χ1v) is 16.1. The largest absolute Gasteiger partial charge is 0.487 e. The molecule has 2 amide bonds. The molecule has 3 heterocycles. The van der Waals surface area contributed by atoms with Gasteiger partial charge in [-0.05, 0) is 80.4 Å². The number of halogens is 3. The number of aromatic nitrogens is 3. The van der Waals surface area contributed by atoms with Crippen LogP contribution in [0.1, 0.15) is 80.4 Å². The Morgan fingerprint density at radius 3 is 2.67 bits per heavy atom. The Kier molecular flexibility index (Phi) is 7.37. The number of aryl methyl sites for hydroxylation is 1. The van der Waals surface area contributed by atoms with Gasteiger partial charge in [0.15, 0.2) is 0 Å². The van der Waals surface area contributed by atoms with Crippen LogP contribution in [0.3, 0.4) is 0 Å². The molecule has 0 radical (unpaired) electrons. The van der Waals surface area contributed by atoms with E-state index in [1.165, 1.54) is 14.2 Å². The van der Waals surface area contributed by atoms with E-state index in [1.807, 2.05) is 11.8 Å². The van der Waals surface area contributed by atoms with Crippen molar-refractivity contribution in [2.75, 3.05) is 26.7 Å². The Morgan fingerprint density at radius 1 is 1.20 bits per heavy atom. The van der Waals surface area contributed by atoms with Gasteiger partial charge in [0, 0.05) is 43.7 Å². The Balaban J connectivity index is 1.26. The number of carbonyl (C=O) groups excluding carboxylic acids is 3. The minimum Gasteiger partial charge on any atom is -0.487 e. The molecule has 1 aromatic carbocycles. The maximum absolute atomic E-state index is 14.7. The molecule has 0 N–H and O–H groups in total. The van der Waals surface area contributed by atoms with Gasteiger partial charge in [-0.2, -0.15) is 0 Å². The summed E-state index contributed by atoms with van der Waals surface area (Å²) in [7, 11) is 2.77. The molecule has 45 heavy (non-hydrogen) atoms. The first-order chi connectivity index (χ1) is 21.4. The van der Waals surface area contributed by atoms with Crippen LogP contribution >= 0.6 is 11.6 Å². The summed E-state index contributed by atoms with van der Waals surface area (Å²) in [5.74, 6) is 0.177. The van der Waals surface area contributed by atoms with E-state index in [9.17, 15) is 23.2 Å². The van der Waals surface area contributed by atoms with E-state index in [2.05, 4.69) is 10.3 Å². The van der Waals surface area contributed by atoms with Gasteiger partial charge in [0.1, 0.15) is 23.7 Å². The summed E-state index contributed by atoms with van der Waals surface area (Å²) in [4.78, 5) is 44.8. The summed E-state index contributed by atoms with van der Waals surface area (Å²) < 4.78 is 40.0. The predicted molar refractivity (Wildman–Crippen MR) is 157 cm³/mol. The molecule has 2 aliphatic heterocycles. The molecule has 1 spiro atoms. The predicted octanol–water partition coefficient (Wildman–Crippen LogP) is 4.65. The van der Waals surface area contributed by atoms with Gasteiger partial charge in [0.2, 0.25) is 11.8 Å². The molecule has 7 rings (SSSR count). The second-order valence-electron chi connectivity index (χ2n) is 14.0. The summed E-state index contributed by atoms with van der Waals surface area (Å²) in [6, 6.07) is 2.78. The summed E-state index contributed by atoms with van der Waals surface area (Å²) in [5, 5.41) is 8.14. The number of methoxy groups -OCH3 is 1. The van der Waals surface area contributed by atoms with Crippen molar-refractivity contribution in [2.45, 2.75) is 70.9 Å². The van der Waals surface area contributed by atoms with Gasteiger partial charge in [-0.1, -0.05) is 16.8 Å². The van der Waals surface area contributed by atoms with Crippen LogP contribution in [0.2, 0.25) is 5.02 Å². The molecule has 10 nitrogen and oxygen atoms in total. The summed E-state index contributed by atoms with van der Waals surface area (Å²) in [6.07, 6.45) is 2.38. The molecule has 3 aliphatic carbocycles. The summed E-state index contributed by atoms with van der Waals surface area (Å²) in [6.45, 7) is 2.81. The van der Waals surface area contributed by atoms with E-state index >= 15 is 0 Å². The van der Waals surface area contributed by atoms with Crippen molar-refractivity contribution in [2.24, 2.45) is 35.6 Å². The number of fused-ring (bicyclic) bond motifs is 2. The smallest absolute Gasteiger partial charge is 0.312 e. The number of carbonyl (C=O) groups is 3. The highest BCUT2D eigenvalue weighted by Gasteiger charge is 2.59. The van der Waals surface area contributed by atoms with Crippen LogP contribution < -0.4 is 4.74 Å². The van der Waals surface area contributed by atoms with Gasteiger partial charge in [-0.3, -0.25) is 14.4 Å². The Morgan fingerprint density at radius 2 is 1.98 bits per heavy atom. The van der Waals surface area contributed by atoms with Crippen LogP contribution in [0, 0.1) is 28.6 Å². The molecule has 1 unspecified atom stereocenters. The summed E-state index contributed by atoms with van der Waals surface area (Å²) in [5.41, 5.74) is 0.196. The number of rotatable bonds is 8. The SMILES string of the molecule is COC(=O)[C@@]1(C)C[C@@H]2CC2C[C@H]1C(=O)N1CCc2c(Cl)ccc(OCc3nnn(C)c3C(F)F)c2[C@H]1CN1CC2(CC2)CC1=O. The van der Waals surface area contributed by atoms with Crippen molar-refractivity contribution >= 4 is 29.4 Å². The molecule has 0 bridgehead atoms. The number of nitrogens with zero attached hydrogens (tertiary/aromatic N) is 5. The number of likely N-dealkylation sites (tertiary alicyclic amines) is 1. The normalized spacial score (nSPS) is 29.5. The second kappa shape index (κ2) is 10.9. The molecular formula is C32H38ClF2N5O5. The highest BCUT2D eigenvalue weighted by molar-refractivity contribution is 6.31. The fourth-order valence-electron chi connectivity index (χ4n) is 8.28. The van der Waals surface area contributed by atoms with Crippen LogP contribution in [0.25, 0.3) is 0 Å². The lowest BCUT2D eigenvalue weighted by molar-refractivity contribution is -0.165. The average molecular weight is 646 g/mol. The van der Waals surface area contributed by atoms with Gasteiger partial charge in [-0.25, -0.2) is 13.5 Å². The lowest BCUT2D eigenvalue weighted by Gasteiger charge is -2.45. The third kappa shape index (κ3) is 5.16. The maximum atomic E-state index is 14.7. The number of alkyl halides is 2. The highest BCUT2D eigenvalue weighted by atomic mass is 35.5. The van der Waals surface area contributed by atoms with E-state index in [1.54, 1.807) is 17.0 Å². The van der Waals surface area contributed by atoms with Crippen LogP contribution in [-0.2, 0) is 39.2 Å². The number of amides is 2. The fraction of sp³-hybridized carbons (Fsp3) is 0.656. The van der Waals surface area contributed by atoms with Crippen LogP contribution in [-0.4, -0.2) is 69.3 Å². The number of hydrogen-bond acceptors (Lipinski definition) is 7. The average Bonchev–Trinajstić information content (AvgIpc) is 3.88. The minimum atomic E-state index is -2.79. The maximum Gasteiger partial charge on any atom is 0.312 e. The monoisotopic (exact) mass is 645 g/mol. The van der Waals surface area contributed by atoms with E-state index < -0.39 is 23.8 Å². The molecule has 242 valence electrons. The Hall–Kier alpha value is -3.28. The Labute approximate surface area is 265 Å². The van der Waals surface area contributed by atoms with Crippen molar-refractivity contribution in [3.05, 3.63) is 39.7 Å². The van der Waals surface area contributed by atoms with Crippen LogP contribution in [0.4, 0.5) is 8.78 Å². The molecule has 1 aromatic heterocycles. The lowest BCUT2D eigenvalue weighted by atomic mass is 9.66. The van der Waals surface area contributed by atoms with E-state index in [4.69, 9.17) is 21.1 Å². The summed E-state index contributed by atoms with van der Waals surface area (Å²) >= 11 is 6.75. The second-order valence-corrected chi connectivity index (χ2v) is 14.4. The molecule has 5 aliphatic rings. The zero-order valence-electron chi connectivity index (χ0n) is 25.7. The first kappa shape index (κ1) is 30.4. The van der Waals surface area contributed by atoms with Gasteiger partial charge in [-0.15, -0.1) is 5.10 Å². The Bertz CT molecular complexity index is 1560. The van der Waals surface area contributed by atoms with Crippen LogP contribution in [0.5, 0.6) is 5.75 Å². The molecule has 13 heteroatoms. The van der Waals surface area contributed by atoms with Gasteiger partial charge in [0.25, 0.3) is 6.43 Å². The van der Waals surface area contributed by atoms with E-state index in [0.717, 1.165) is 29.5 Å². The highest BCUT2D eigenvalue weighted by Crippen LogP contribution is 2.60. The zero-order chi connectivity index (χ0) is 31.8. The quantitative estimate of drug-likeness (QED) is 0.385. The first-order valence-electron chi connectivity index (χ1n) is 15.7. The van der Waals surface area contributed by atoms with Crippen molar-refractivity contribution in [3.8, 4) is 5.75 Å². The molecule has 5 atom stereocenters. The lowest BCUT2D eigenvalue weighted by Crippen LogP contribution is -2.53. The third-order valence-electron chi connectivity index (χ3n) is 11.1. The number of ether oxygens (including phenoxy) is 2. The number of hydrogen-bond donors (Lipinski definition) is 0. The molecular weight excluding hydrogens is 608 g/mol. The molecule has 2 aromatic rings.